The van der Waals surface area contributed by atoms with Gasteiger partial charge in [0, 0.05) is 16.5 Å². The van der Waals surface area contributed by atoms with Gasteiger partial charge in [0.05, 0.1) is 11.2 Å². The van der Waals surface area contributed by atoms with Crippen molar-refractivity contribution in [3.63, 3.8) is 0 Å². The predicted octanol–water partition coefficient (Wildman–Crippen LogP) is 5.27. The van der Waals surface area contributed by atoms with Gasteiger partial charge in [-0.1, -0.05) is 23.2 Å². The molecule has 24 heavy (non-hydrogen) atoms. The Balaban J connectivity index is 1.63. The first kappa shape index (κ1) is 15.6. The summed E-state index contributed by atoms with van der Waals surface area (Å²) in [5.41, 5.74) is 0.738. The van der Waals surface area contributed by atoms with E-state index in [1.807, 2.05) is 12.1 Å². The van der Waals surface area contributed by atoms with E-state index < -0.39 is 0 Å². The lowest BCUT2D eigenvalue weighted by Gasteiger charge is -2.01. The van der Waals surface area contributed by atoms with Crippen LogP contribution in [0.4, 0.5) is 0 Å². The molecule has 122 valence electrons. The average molecular weight is 379 g/mol. The van der Waals surface area contributed by atoms with E-state index in [0.717, 1.165) is 24.2 Å². The van der Waals surface area contributed by atoms with Crippen LogP contribution in [-0.4, -0.2) is 21.1 Å². The average Bonchev–Trinajstić information content (AvgIpc) is 3.19. The Morgan fingerprint density at radius 3 is 2.92 bits per heavy atom. The second-order valence-electron chi connectivity index (χ2n) is 5.54. The van der Waals surface area contributed by atoms with Crippen molar-refractivity contribution >= 4 is 41.6 Å². The maximum Gasteiger partial charge on any atom is 0.216 e. The standard InChI is InChI=1S/C16H12Cl2N4OS/c17-10-3-5-13(18)12(7-10)14-6-4-11(23-14)8-19-22-15(9-1-2-9)20-21-16(22)24/h3-9H,1-2H2,(H,21,24)/b19-8-. The second kappa shape index (κ2) is 6.20. The third kappa shape index (κ3) is 3.05. The van der Waals surface area contributed by atoms with Crippen LogP contribution in [0, 0.1) is 4.77 Å². The number of benzene rings is 1. The van der Waals surface area contributed by atoms with Crippen molar-refractivity contribution in [2.24, 2.45) is 5.10 Å². The number of aromatic amines is 1. The van der Waals surface area contributed by atoms with Gasteiger partial charge in [-0.2, -0.15) is 14.9 Å². The molecule has 4 rings (SSSR count). The van der Waals surface area contributed by atoms with E-state index in [2.05, 4.69) is 15.3 Å². The number of nitrogens with zero attached hydrogens (tertiary/aromatic N) is 3. The molecular weight excluding hydrogens is 367 g/mol. The van der Waals surface area contributed by atoms with Crippen molar-refractivity contribution in [2.45, 2.75) is 18.8 Å². The Kier molecular flexibility index (Phi) is 4.04. The number of furan rings is 1. The Bertz CT molecular complexity index is 984. The van der Waals surface area contributed by atoms with Crippen LogP contribution in [0.5, 0.6) is 0 Å². The van der Waals surface area contributed by atoms with E-state index in [1.165, 1.54) is 0 Å². The summed E-state index contributed by atoms with van der Waals surface area (Å²) in [6.07, 6.45) is 3.85. The number of hydrogen-bond donors (Lipinski definition) is 1. The summed E-state index contributed by atoms with van der Waals surface area (Å²) in [5, 5.41) is 12.6. The molecule has 0 aliphatic heterocycles. The molecule has 0 spiro atoms. The first-order chi connectivity index (χ1) is 11.6. The first-order valence-corrected chi connectivity index (χ1v) is 8.55. The molecule has 0 radical (unpaired) electrons. The molecule has 0 unspecified atom stereocenters. The summed E-state index contributed by atoms with van der Waals surface area (Å²) in [6, 6.07) is 8.88. The number of nitrogens with one attached hydrogen (secondary N) is 1. The van der Waals surface area contributed by atoms with Crippen LogP contribution in [-0.2, 0) is 0 Å². The SMILES string of the molecule is S=c1[nH]nc(C2CC2)n1/N=C\c1ccc(-c2cc(Cl)ccc2Cl)o1. The normalized spacial score (nSPS) is 14.6. The van der Waals surface area contributed by atoms with Crippen molar-refractivity contribution < 1.29 is 4.42 Å². The molecule has 1 N–H and O–H groups in total. The Hall–Kier alpha value is -1.89. The lowest BCUT2D eigenvalue weighted by atomic mass is 10.2. The summed E-state index contributed by atoms with van der Waals surface area (Å²) < 4.78 is 7.90. The largest absolute Gasteiger partial charge is 0.455 e. The van der Waals surface area contributed by atoms with Crippen molar-refractivity contribution in [3.05, 3.63) is 56.7 Å². The molecule has 0 amide bonds. The van der Waals surface area contributed by atoms with Crippen LogP contribution in [0.1, 0.15) is 30.3 Å². The minimum atomic E-state index is 0.438. The van der Waals surface area contributed by atoms with Gasteiger partial charge in [-0.3, -0.25) is 5.10 Å². The van der Waals surface area contributed by atoms with Crippen molar-refractivity contribution in [3.8, 4) is 11.3 Å². The fraction of sp³-hybridized carbons (Fsp3) is 0.188. The van der Waals surface area contributed by atoms with Crippen LogP contribution < -0.4 is 0 Å². The second-order valence-corrected chi connectivity index (χ2v) is 6.77. The van der Waals surface area contributed by atoms with Crippen molar-refractivity contribution in [2.75, 3.05) is 0 Å². The maximum atomic E-state index is 6.20. The molecule has 5 nitrogen and oxygen atoms in total. The molecule has 8 heteroatoms. The molecule has 0 saturated heterocycles. The molecule has 0 atom stereocenters. The minimum absolute atomic E-state index is 0.438. The Labute approximate surface area is 152 Å². The highest BCUT2D eigenvalue weighted by Gasteiger charge is 2.29. The van der Waals surface area contributed by atoms with Gasteiger partial charge in [0.1, 0.15) is 11.5 Å². The fourth-order valence-electron chi connectivity index (χ4n) is 2.39. The molecule has 1 aliphatic rings. The van der Waals surface area contributed by atoms with E-state index in [9.17, 15) is 0 Å². The number of H-pyrrole nitrogens is 1. The molecule has 2 aromatic heterocycles. The molecular formula is C16H12Cl2N4OS. The summed E-state index contributed by atoms with van der Waals surface area (Å²) in [7, 11) is 0. The fourth-order valence-corrected chi connectivity index (χ4v) is 2.96. The van der Waals surface area contributed by atoms with Gasteiger partial charge in [-0.05, 0) is 55.4 Å². The predicted molar refractivity (Wildman–Crippen MR) is 96.5 cm³/mol. The molecule has 1 saturated carbocycles. The summed E-state index contributed by atoms with van der Waals surface area (Å²) in [4.78, 5) is 0. The minimum Gasteiger partial charge on any atom is -0.455 e. The van der Waals surface area contributed by atoms with Gasteiger partial charge >= 0.3 is 0 Å². The van der Waals surface area contributed by atoms with Crippen LogP contribution in [0.3, 0.4) is 0 Å². The lowest BCUT2D eigenvalue weighted by Crippen LogP contribution is -1.96. The van der Waals surface area contributed by atoms with E-state index in [1.54, 1.807) is 29.1 Å². The van der Waals surface area contributed by atoms with Crippen LogP contribution >= 0.6 is 35.4 Å². The molecule has 0 bridgehead atoms. The number of rotatable bonds is 4. The molecule has 1 aliphatic carbocycles. The third-order valence-corrected chi connectivity index (χ3v) is 4.57. The van der Waals surface area contributed by atoms with Gasteiger partial charge in [-0.15, -0.1) is 0 Å². The number of aromatic nitrogens is 3. The van der Waals surface area contributed by atoms with Gasteiger partial charge < -0.3 is 4.42 Å². The van der Waals surface area contributed by atoms with Crippen LogP contribution in [0.2, 0.25) is 10.0 Å². The van der Waals surface area contributed by atoms with E-state index in [4.69, 9.17) is 39.8 Å². The van der Waals surface area contributed by atoms with E-state index >= 15 is 0 Å². The highest BCUT2D eigenvalue weighted by atomic mass is 35.5. The van der Waals surface area contributed by atoms with E-state index in [-0.39, 0.29) is 0 Å². The van der Waals surface area contributed by atoms with Gasteiger partial charge in [-0.25, -0.2) is 0 Å². The Morgan fingerprint density at radius 1 is 1.29 bits per heavy atom. The number of halogens is 2. The zero-order chi connectivity index (χ0) is 16.7. The quantitative estimate of drug-likeness (QED) is 0.496. The lowest BCUT2D eigenvalue weighted by molar-refractivity contribution is 0.574. The summed E-state index contributed by atoms with van der Waals surface area (Å²) in [5.74, 6) is 2.52. The summed E-state index contributed by atoms with van der Waals surface area (Å²) >= 11 is 17.4. The summed E-state index contributed by atoms with van der Waals surface area (Å²) in [6.45, 7) is 0. The van der Waals surface area contributed by atoms with Crippen LogP contribution in [0.15, 0.2) is 39.9 Å². The van der Waals surface area contributed by atoms with Crippen molar-refractivity contribution in [1.29, 1.82) is 0 Å². The maximum absolute atomic E-state index is 6.20. The van der Waals surface area contributed by atoms with Gasteiger partial charge in [0.25, 0.3) is 0 Å². The molecule has 2 heterocycles. The van der Waals surface area contributed by atoms with Crippen molar-refractivity contribution in [1.82, 2.24) is 14.9 Å². The highest BCUT2D eigenvalue weighted by molar-refractivity contribution is 7.71. The molecule has 3 aromatic rings. The van der Waals surface area contributed by atoms with Gasteiger partial charge in [0.2, 0.25) is 4.77 Å². The Morgan fingerprint density at radius 2 is 2.12 bits per heavy atom. The zero-order valence-electron chi connectivity index (χ0n) is 12.4. The molecule has 1 fully saturated rings. The zero-order valence-corrected chi connectivity index (χ0v) is 14.7. The van der Waals surface area contributed by atoms with Gasteiger partial charge in [0.15, 0.2) is 5.82 Å². The third-order valence-electron chi connectivity index (χ3n) is 3.74. The highest BCUT2D eigenvalue weighted by Crippen LogP contribution is 2.38. The number of hydrogen-bond acceptors (Lipinski definition) is 4. The van der Waals surface area contributed by atoms with Crippen LogP contribution in [0.25, 0.3) is 11.3 Å². The van der Waals surface area contributed by atoms with E-state index in [0.29, 0.717) is 32.3 Å². The first-order valence-electron chi connectivity index (χ1n) is 7.39. The smallest absolute Gasteiger partial charge is 0.216 e. The topological polar surface area (TPSA) is 59.1 Å². The molecule has 1 aromatic carbocycles. The monoisotopic (exact) mass is 378 g/mol.